The molecule has 1 amide bonds. The molecule has 8 heteroatoms. The first-order valence-electron chi connectivity index (χ1n) is 8.99. The number of methoxy groups -OCH3 is 1. The van der Waals surface area contributed by atoms with Gasteiger partial charge in [-0.2, -0.15) is 4.31 Å². The van der Waals surface area contributed by atoms with Crippen molar-refractivity contribution in [2.45, 2.75) is 36.7 Å². The lowest BCUT2D eigenvalue weighted by atomic mass is 9.96. The predicted molar refractivity (Wildman–Crippen MR) is 99.5 cm³/mol. The van der Waals surface area contributed by atoms with Gasteiger partial charge in [0.25, 0.3) is 0 Å². The third kappa shape index (κ3) is 4.22. The maximum Gasteiger partial charge on any atom is 0.243 e. The van der Waals surface area contributed by atoms with Crippen LogP contribution in [0.25, 0.3) is 0 Å². The molecule has 1 aromatic rings. The van der Waals surface area contributed by atoms with Crippen LogP contribution in [-0.2, 0) is 19.6 Å². The Morgan fingerprint density at radius 1 is 1.12 bits per heavy atom. The van der Waals surface area contributed by atoms with Gasteiger partial charge in [-0.15, -0.1) is 0 Å². The van der Waals surface area contributed by atoms with Crippen LogP contribution in [-0.4, -0.2) is 62.9 Å². The van der Waals surface area contributed by atoms with E-state index in [4.69, 9.17) is 16.3 Å². The molecule has 1 unspecified atom stereocenters. The van der Waals surface area contributed by atoms with Gasteiger partial charge in [-0.3, -0.25) is 4.79 Å². The zero-order valence-corrected chi connectivity index (χ0v) is 16.5. The maximum atomic E-state index is 12.9. The molecular weight excluding hydrogens is 376 g/mol. The monoisotopic (exact) mass is 400 g/mol. The number of piperidine rings is 2. The largest absolute Gasteiger partial charge is 0.381 e. The summed E-state index contributed by atoms with van der Waals surface area (Å²) >= 11 is 5.85. The second-order valence-electron chi connectivity index (χ2n) is 6.92. The highest BCUT2D eigenvalue weighted by Gasteiger charge is 2.36. The molecule has 144 valence electrons. The van der Waals surface area contributed by atoms with E-state index in [1.165, 1.54) is 16.4 Å². The molecule has 6 nitrogen and oxygen atoms in total. The SMILES string of the molecule is COC1CCN(C(=O)C2CCCN(S(=O)(=O)c3ccc(Cl)cc3)C2)CC1. The minimum Gasteiger partial charge on any atom is -0.381 e. The van der Waals surface area contributed by atoms with Crippen LogP contribution in [0.4, 0.5) is 0 Å². The third-order valence-electron chi connectivity index (χ3n) is 5.27. The number of carbonyl (C=O) groups is 1. The van der Waals surface area contributed by atoms with Gasteiger partial charge in [-0.1, -0.05) is 11.6 Å². The second kappa shape index (κ2) is 8.25. The van der Waals surface area contributed by atoms with Gasteiger partial charge < -0.3 is 9.64 Å². The van der Waals surface area contributed by atoms with Gasteiger partial charge in [-0.25, -0.2) is 8.42 Å². The van der Waals surface area contributed by atoms with Crippen LogP contribution in [0.15, 0.2) is 29.2 Å². The van der Waals surface area contributed by atoms with Crippen molar-refractivity contribution in [2.24, 2.45) is 5.92 Å². The molecule has 0 aliphatic carbocycles. The van der Waals surface area contributed by atoms with Gasteiger partial charge in [0.15, 0.2) is 0 Å². The molecule has 0 N–H and O–H groups in total. The zero-order valence-electron chi connectivity index (χ0n) is 14.9. The molecule has 26 heavy (non-hydrogen) atoms. The van der Waals surface area contributed by atoms with E-state index in [2.05, 4.69) is 0 Å². The summed E-state index contributed by atoms with van der Waals surface area (Å²) in [5, 5.41) is 0.495. The summed E-state index contributed by atoms with van der Waals surface area (Å²) in [4.78, 5) is 14.9. The molecule has 2 aliphatic rings. The fourth-order valence-electron chi connectivity index (χ4n) is 3.69. The number of benzene rings is 1. The molecule has 0 bridgehead atoms. The first-order valence-corrected chi connectivity index (χ1v) is 10.8. The predicted octanol–water partition coefficient (Wildman–Crippen LogP) is 2.38. The molecule has 2 saturated heterocycles. The Bertz CT molecular complexity index is 730. The van der Waals surface area contributed by atoms with Crippen LogP contribution in [0.1, 0.15) is 25.7 Å². The Labute approximate surface area is 160 Å². The van der Waals surface area contributed by atoms with E-state index in [9.17, 15) is 13.2 Å². The molecule has 0 aromatic heterocycles. The number of carbonyl (C=O) groups excluding carboxylic acids is 1. The number of hydrogen-bond donors (Lipinski definition) is 0. The van der Waals surface area contributed by atoms with Crippen LogP contribution in [0.3, 0.4) is 0 Å². The molecule has 0 radical (unpaired) electrons. The van der Waals surface area contributed by atoms with Gasteiger partial charge in [0.2, 0.25) is 15.9 Å². The van der Waals surface area contributed by atoms with E-state index < -0.39 is 10.0 Å². The van der Waals surface area contributed by atoms with Crippen LogP contribution < -0.4 is 0 Å². The maximum absolute atomic E-state index is 12.9. The van der Waals surface area contributed by atoms with Crippen molar-refractivity contribution in [2.75, 3.05) is 33.3 Å². The highest BCUT2D eigenvalue weighted by molar-refractivity contribution is 7.89. The zero-order chi connectivity index (χ0) is 18.7. The lowest BCUT2D eigenvalue weighted by Crippen LogP contribution is -2.49. The van der Waals surface area contributed by atoms with Crippen LogP contribution in [0, 0.1) is 5.92 Å². The average molecular weight is 401 g/mol. The molecule has 2 heterocycles. The summed E-state index contributed by atoms with van der Waals surface area (Å²) in [5.41, 5.74) is 0. The van der Waals surface area contributed by atoms with Crippen molar-refractivity contribution in [3.8, 4) is 0 Å². The van der Waals surface area contributed by atoms with Crippen molar-refractivity contribution in [1.29, 1.82) is 0 Å². The molecular formula is C18H25ClN2O4S. The highest BCUT2D eigenvalue weighted by Crippen LogP contribution is 2.27. The standard InChI is InChI=1S/C18H25ClN2O4S/c1-25-16-8-11-20(12-9-16)18(22)14-3-2-10-21(13-14)26(23,24)17-6-4-15(19)5-7-17/h4-7,14,16H,2-3,8-13H2,1H3. The normalized spacial score (nSPS) is 23.2. The fourth-order valence-corrected chi connectivity index (χ4v) is 5.34. The van der Waals surface area contributed by atoms with E-state index in [1.807, 2.05) is 4.90 Å². The quantitative estimate of drug-likeness (QED) is 0.778. The summed E-state index contributed by atoms with van der Waals surface area (Å²) in [7, 11) is -1.91. The second-order valence-corrected chi connectivity index (χ2v) is 9.29. The lowest BCUT2D eigenvalue weighted by Gasteiger charge is -2.37. The van der Waals surface area contributed by atoms with E-state index in [1.54, 1.807) is 19.2 Å². The van der Waals surface area contributed by atoms with Gasteiger partial charge in [-0.05, 0) is 49.9 Å². The van der Waals surface area contributed by atoms with Crippen molar-refractivity contribution < 1.29 is 17.9 Å². The van der Waals surface area contributed by atoms with Crippen LogP contribution in [0.2, 0.25) is 5.02 Å². The molecule has 0 saturated carbocycles. The Balaban J connectivity index is 1.67. The summed E-state index contributed by atoms with van der Waals surface area (Å²) in [6, 6.07) is 6.17. The first kappa shape index (κ1) is 19.6. The number of amides is 1. The highest BCUT2D eigenvalue weighted by atomic mass is 35.5. The summed E-state index contributed by atoms with van der Waals surface area (Å²) in [6.45, 7) is 2.05. The number of ether oxygens (including phenoxy) is 1. The molecule has 2 aliphatic heterocycles. The van der Waals surface area contributed by atoms with Gasteiger partial charge in [0.05, 0.1) is 16.9 Å². The molecule has 0 spiro atoms. The Kier molecular flexibility index (Phi) is 6.22. The Morgan fingerprint density at radius 2 is 1.77 bits per heavy atom. The average Bonchev–Trinajstić information content (AvgIpc) is 2.68. The fraction of sp³-hybridized carbons (Fsp3) is 0.611. The van der Waals surface area contributed by atoms with Crippen molar-refractivity contribution in [1.82, 2.24) is 9.21 Å². The number of halogens is 1. The third-order valence-corrected chi connectivity index (χ3v) is 7.40. The number of hydrogen-bond acceptors (Lipinski definition) is 4. The number of likely N-dealkylation sites (tertiary alicyclic amines) is 1. The van der Waals surface area contributed by atoms with Crippen molar-refractivity contribution >= 4 is 27.5 Å². The molecule has 3 rings (SSSR count). The van der Waals surface area contributed by atoms with E-state index in [0.717, 1.165) is 19.3 Å². The number of nitrogens with zero attached hydrogens (tertiary/aromatic N) is 2. The Hall–Kier alpha value is -1.15. The topological polar surface area (TPSA) is 66.9 Å². The van der Waals surface area contributed by atoms with Crippen molar-refractivity contribution in [3.05, 3.63) is 29.3 Å². The van der Waals surface area contributed by atoms with E-state index in [-0.39, 0.29) is 29.4 Å². The van der Waals surface area contributed by atoms with Gasteiger partial charge >= 0.3 is 0 Å². The lowest BCUT2D eigenvalue weighted by molar-refractivity contribution is -0.139. The summed E-state index contributed by atoms with van der Waals surface area (Å²) < 4.78 is 32.5. The van der Waals surface area contributed by atoms with E-state index in [0.29, 0.717) is 31.1 Å². The summed E-state index contributed by atoms with van der Waals surface area (Å²) in [6.07, 6.45) is 3.31. The van der Waals surface area contributed by atoms with Crippen molar-refractivity contribution in [3.63, 3.8) is 0 Å². The molecule has 2 fully saturated rings. The minimum absolute atomic E-state index is 0.0653. The van der Waals surface area contributed by atoms with Gasteiger partial charge in [0.1, 0.15) is 0 Å². The van der Waals surface area contributed by atoms with Crippen LogP contribution in [0.5, 0.6) is 0 Å². The number of sulfonamides is 1. The van der Waals surface area contributed by atoms with E-state index >= 15 is 0 Å². The summed E-state index contributed by atoms with van der Waals surface area (Å²) in [5.74, 6) is -0.208. The molecule has 1 aromatic carbocycles. The minimum atomic E-state index is -3.60. The smallest absolute Gasteiger partial charge is 0.243 e. The van der Waals surface area contributed by atoms with Gasteiger partial charge in [0, 0.05) is 38.3 Å². The Morgan fingerprint density at radius 3 is 2.38 bits per heavy atom. The first-order chi connectivity index (χ1) is 12.4. The van der Waals surface area contributed by atoms with Crippen LogP contribution >= 0.6 is 11.6 Å². The molecule has 1 atom stereocenters. The number of rotatable bonds is 4.